The molecule has 90 valence electrons. The molecular formula is C12H20N2OS. The number of aliphatic hydroxyl groups excluding tert-OH is 1. The molecular weight excluding hydrogens is 220 g/mol. The Balaban J connectivity index is 1.78. The number of aromatic nitrogens is 2. The molecule has 4 heteroatoms. The minimum absolute atomic E-state index is 0.165. The first-order valence-corrected chi connectivity index (χ1v) is 7.08. The molecule has 0 aliphatic carbocycles. The number of aryl methyl sites for hydroxylation is 2. The predicted octanol–water partition coefficient (Wildman–Crippen LogP) is 2.00. The van der Waals surface area contributed by atoms with Gasteiger partial charge in [-0.25, -0.2) is 4.98 Å². The largest absolute Gasteiger partial charge is 0.392 e. The molecule has 3 nitrogen and oxygen atoms in total. The number of hydrogen-bond donors (Lipinski definition) is 1. The van der Waals surface area contributed by atoms with Crippen molar-refractivity contribution in [2.24, 2.45) is 7.05 Å². The van der Waals surface area contributed by atoms with E-state index in [1.807, 2.05) is 35.8 Å². The van der Waals surface area contributed by atoms with Crippen molar-refractivity contribution in [2.75, 3.05) is 5.75 Å². The second kappa shape index (κ2) is 5.73. The normalized spacial score (nSPS) is 23.2. The van der Waals surface area contributed by atoms with Crippen molar-refractivity contribution in [1.82, 2.24) is 9.55 Å². The molecule has 16 heavy (non-hydrogen) atoms. The fourth-order valence-electron chi connectivity index (χ4n) is 2.17. The molecule has 1 aromatic rings. The lowest BCUT2D eigenvalue weighted by atomic mass is 10.1. The highest BCUT2D eigenvalue weighted by Gasteiger charge is 2.22. The lowest BCUT2D eigenvalue weighted by molar-refractivity contribution is 0.155. The summed E-state index contributed by atoms with van der Waals surface area (Å²) in [6, 6.07) is 0. The molecule has 1 saturated heterocycles. The molecule has 0 spiro atoms. The van der Waals surface area contributed by atoms with Gasteiger partial charge < -0.3 is 9.67 Å². The summed E-state index contributed by atoms with van der Waals surface area (Å²) in [5.41, 5.74) is 0. The second-order valence-corrected chi connectivity index (χ2v) is 5.81. The van der Waals surface area contributed by atoms with Crippen LogP contribution in [0.4, 0.5) is 0 Å². The second-order valence-electron chi connectivity index (χ2n) is 4.47. The number of rotatable bonds is 4. The van der Waals surface area contributed by atoms with E-state index in [0.717, 1.165) is 18.7 Å². The van der Waals surface area contributed by atoms with Crippen molar-refractivity contribution in [1.29, 1.82) is 0 Å². The Bertz CT molecular complexity index is 321. The summed E-state index contributed by atoms with van der Waals surface area (Å²) < 4.78 is 2.03. The SMILES string of the molecule is Cn1ccnc1CCC(O)C1CCCCS1. The molecule has 2 atom stereocenters. The molecule has 0 saturated carbocycles. The Hall–Kier alpha value is -0.480. The summed E-state index contributed by atoms with van der Waals surface area (Å²) in [6.07, 6.45) is 9.08. The lowest BCUT2D eigenvalue weighted by Crippen LogP contribution is -2.26. The summed E-state index contributed by atoms with van der Waals surface area (Å²) in [5, 5.41) is 10.6. The minimum Gasteiger partial charge on any atom is -0.392 e. The van der Waals surface area contributed by atoms with E-state index in [2.05, 4.69) is 4.98 Å². The van der Waals surface area contributed by atoms with E-state index in [4.69, 9.17) is 0 Å². The molecule has 2 rings (SSSR count). The summed E-state index contributed by atoms with van der Waals surface area (Å²) in [5.74, 6) is 2.28. The molecule has 1 aromatic heterocycles. The van der Waals surface area contributed by atoms with E-state index in [1.165, 1.54) is 25.0 Å². The number of thioether (sulfide) groups is 1. The Kier molecular flexibility index (Phi) is 4.29. The van der Waals surface area contributed by atoms with Gasteiger partial charge in [-0.05, 0) is 25.0 Å². The van der Waals surface area contributed by atoms with Gasteiger partial charge in [0.2, 0.25) is 0 Å². The van der Waals surface area contributed by atoms with Crippen LogP contribution in [0.5, 0.6) is 0 Å². The first-order chi connectivity index (χ1) is 7.77. The van der Waals surface area contributed by atoms with Crippen LogP contribution in [0.1, 0.15) is 31.5 Å². The van der Waals surface area contributed by atoms with E-state index >= 15 is 0 Å². The van der Waals surface area contributed by atoms with Gasteiger partial charge in [0.05, 0.1) is 6.10 Å². The van der Waals surface area contributed by atoms with Gasteiger partial charge in [-0.3, -0.25) is 0 Å². The maximum atomic E-state index is 10.1. The van der Waals surface area contributed by atoms with Crippen LogP contribution in [-0.4, -0.2) is 31.8 Å². The van der Waals surface area contributed by atoms with Crippen molar-refractivity contribution >= 4 is 11.8 Å². The van der Waals surface area contributed by atoms with Crippen LogP contribution in [0.25, 0.3) is 0 Å². The molecule has 1 fully saturated rings. The van der Waals surface area contributed by atoms with Crippen LogP contribution in [0.15, 0.2) is 12.4 Å². The highest BCUT2D eigenvalue weighted by Crippen LogP contribution is 2.29. The van der Waals surface area contributed by atoms with Crippen LogP contribution in [0, 0.1) is 0 Å². The van der Waals surface area contributed by atoms with Crippen molar-refractivity contribution in [3.8, 4) is 0 Å². The van der Waals surface area contributed by atoms with Gasteiger partial charge in [-0.2, -0.15) is 11.8 Å². The van der Waals surface area contributed by atoms with Crippen molar-refractivity contribution in [3.63, 3.8) is 0 Å². The van der Waals surface area contributed by atoms with E-state index in [9.17, 15) is 5.11 Å². The van der Waals surface area contributed by atoms with Gasteiger partial charge in [0.1, 0.15) is 5.82 Å². The Morgan fingerprint density at radius 2 is 2.50 bits per heavy atom. The van der Waals surface area contributed by atoms with Gasteiger partial charge in [-0.1, -0.05) is 6.42 Å². The van der Waals surface area contributed by atoms with Gasteiger partial charge in [0.25, 0.3) is 0 Å². The summed E-state index contributed by atoms with van der Waals surface area (Å²) in [6.45, 7) is 0. The first kappa shape index (κ1) is 12.0. The molecule has 1 aliphatic heterocycles. The zero-order valence-corrected chi connectivity index (χ0v) is 10.6. The highest BCUT2D eigenvalue weighted by molar-refractivity contribution is 8.00. The maximum Gasteiger partial charge on any atom is 0.108 e. The Morgan fingerprint density at radius 1 is 1.62 bits per heavy atom. The molecule has 2 unspecified atom stereocenters. The molecule has 0 aromatic carbocycles. The average molecular weight is 240 g/mol. The highest BCUT2D eigenvalue weighted by atomic mass is 32.2. The third-order valence-corrected chi connectivity index (χ3v) is 4.73. The van der Waals surface area contributed by atoms with Crippen LogP contribution in [-0.2, 0) is 13.5 Å². The first-order valence-electron chi connectivity index (χ1n) is 6.03. The fraction of sp³-hybridized carbons (Fsp3) is 0.750. The smallest absolute Gasteiger partial charge is 0.108 e. The molecule has 2 heterocycles. The monoisotopic (exact) mass is 240 g/mol. The number of imidazole rings is 1. The molecule has 1 N–H and O–H groups in total. The third-order valence-electron chi connectivity index (χ3n) is 3.23. The van der Waals surface area contributed by atoms with Crippen LogP contribution in [0.2, 0.25) is 0 Å². The van der Waals surface area contributed by atoms with Gasteiger partial charge >= 0.3 is 0 Å². The quantitative estimate of drug-likeness (QED) is 0.875. The van der Waals surface area contributed by atoms with E-state index in [0.29, 0.717) is 5.25 Å². The van der Waals surface area contributed by atoms with E-state index in [-0.39, 0.29) is 6.10 Å². The van der Waals surface area contributed by atoms with Gasteiger partial charge in [0.15, 0.2) is 0 Å². The maximum absolute atomic E-state index is 10.1. The predicted molar refractivity (Wildman–Crippen MR) is 67.6 cm³/mol. The fourth-order valence-corrected chi connectivity index (χ4v) is 3.53. The summed E-state index contributed by atoms with van der Waals surface area (Å²) in [7, 11) is 2.00. The lowest BCUT2D eigenvalue weighted by Gasteiger charge is -2.26. The van der Waals surface area contributed by atoms with Gasteiger partial charge in [-0.15, -0.1) is 0 Å². The van der Waals surface area contributed by atoms with E-state index < -0.39 is 0 Å². The van der Waals surface area contributed by atoms with Crippen molar-refractivity contribution < 1.29 is 5.11 Å². The van der Waals surface area contributed by atoms with Crippen LogP contribution >= 0.6 is 11.8 Å². The molecule has 0 bridgehead atoms. The zero-order valence-electron chi connectivity index (χ0n) is 9.80. The topological polar surface area (TPSA) is 38.0 Å². The number of hydrogen-bond acceptors (Lipinski definition) is 3. The molecule has 0 radical (unpaired) electrons. The number of nitrogens with zero attached hydrogens (tertiary/aromatic N) is 2. The third kappa shape index (κ3) is 3.01. The molecule has 0 amide bonds. The standard InChI is InChI=1S/C12H20N2OS/c1-14-8-7-13-12(14)6-5-10(15)11-4-2-3-9-16-11/h7-8,10-11,15H,2-6,9H2,1H3. The summed E-state index contributed by atoms with van der Waals surface area (Å²) >= 11 is 1.94. The van der Waals surface area contributed by atoms with Gasteiger partial charge in [0, 0.05) is 31.1 Å². The van der Waals surface area contributed by atoms with E-state index in [1.54, 1.807) is 0 Å². The molecule has 1 aliphatic rings. The van der Waals surface area contributed by atoms with Crippen molar-refractivity contribution in [3.05, 3.63) is 18.2 Å². The Morgan fingerprint density at radius 3 is 3.12 bits per heavy atom. The summed E-state index contributed by atoms with van der Waals surface area (Å²) in [4.78, 5) is 4.28. The number of aliphatic hydroxyl groups is 1. The van der Waals surface area contributed by atoms with Crippen molar-refractivity contribution in [2.45, 2.75) is 43.5 Å². The Labute approximate surface area is 101 Å². The zero-order chi connectivity index (χ0) is 11.4. The minimum atomic E-state index is -0.165. The van der Waals surface area contributed by atoms with Crippen LogP contribution < -0.4 is 0 Å². The van der Waals surface area contributed by atoms with Crippen LogP contribution in [0.3, 0.4) is 0 Å². The average Bonchev–Trinajstić information content (AvgIpc) is 2.73.